The Morgan fingerprint density at radius 2 is 1.83 bits per heavy atom. The summed E-state index contributed by atoms with van der Waals surface area (Å²) in [5.41, 5.74) is 1.04. The van der Waals surface area contributed by atoms with Gasteiger partial charge in [-0.3, -0.25) is 14.6 Å². The van der Waals surface area contributed by atoms with Crippen LogP contribution in [0.15, 0.2) is 45.9 Å². The van der Waals surface area contributed by atoms with Crippen LogP contribution in [0.2, 0.25) is 0 Å². The number of nitrogens with zero attached hydrogens (tertiary/aromatic N) is 1. The summed E-state index contributed by atoms with van der Waals surface area (Å²) >= 11 is 3.26. The number of rotatable bonds is 8. The van der Waals surface area contributed by atoms with E-state index in [4.69, 9.17) is 4.74 Å². The van der Waals surface area contributed by atoms with E-state index in [-0.39, 0.29) is 23.7 Å². The first-order valence-corrected chi connectivity index (χ1v) is 9.69. The molecule has 0 bridgehead atoms. The van der Waals surface area contributed by atoms with Gasteiger partial charge in [-0.25, -0.2) is 0 Å². The Balaban J connectivity index is 2.35. The first kappa shape index (κ1) is 22.6. The molecule has 1 unspecified atom stereocenters. The topological polar surface area (TPSA) is 116 Å². The zero-order chi connectivity index (χ0) is 21.6. The van der Waals surface area contributed by atoms with Crippen LogP contribution < -0.4 is 4.74 Å². The third-order valence-corrected chi connectivity index (χ3v) is 4.48. The summed E-state index contributed by atoms with van der Waals surface area (Å²) in [4.78, 5) is 28.4. The zero-order valence-corrected chi connectivity index (χ0v) is 17.6. The third kappa shape index (κ3) is 6.40. The number of aromatic hydroxyl groups is 2. The highest BCUT2D eigenvalue weighted by Gasteiger charge is 2.19. The fourth-order valence-electron chi connectivity index (χ4n) is 2.41. The number of carbonyl (C=O) groups is 2. The second kappa shape index (κ2) is 10.2. The van der Waals surface area contributed by atoms with E-state index >= 15 is 0 Å². The number of aliphatic imine (C=N–C) groups is 1. The molecule has 0 amide bonds. The largest absolute Gasteiger partial charge is 0.508 e. The lowest BCUT2D eigenvalue weighted by Gasteiger charge is -2.13. The van der Waals surface area contributed by atoms with Crippen LogP contribution in [0.25, 0.3) is 0 Å². The van der Waals surface area contributed by atoms with Crippen LogP contribution in [-0.2, 0) is 16.0 Å². The molecule has 1 atom stereocenters. The summed E-state index contributed by atoms with van der Waals surface area (Å²) in [6.45, 7) is 2.65. The van der Waals surface area contributed by atoms with Crippen LogP contribution in [0.4, 0.5) is 0 Å². The number of aliphatic hydroxyl groups is 1. The highest BCUT2D eigenvalue weighted by Crippen LogP contribution is 2.33. The van der Waals surface area contributed by atoms with Crippen molar-refractivity contribution in [3.8, 4) is 17.2 Å². The average molecular weight is 464 g/mol. The van der Waals surface area contributed by atoms with Crippen molar-refractivity contribution in [3.63, 3.8) is 0 Å². The van der Waals surface area contributed by atoms with Crippen molar-refractivity contribution in [2.24, 2.45) is 10.9 Å². The van der Waals surface area contributed by atoms with Crippen LogP contribution in [-0.4, -0.2) is 45.9 Å². The van der Waals surface area contributed by atoms with Gasteiger partial charge in [-0.05, 0) is 29.8 Å². The molecule has 2 rings (SSSR count). The van der Waals surface area contributed by atoms with Crippen LogP contribution >= 0.6 is 15.9 Å². The molecule has 0 heterocycles. The Bertz CT molecular complexity index is 908. The molecule has 0 aliphatic carbocycles. The lowest BCUT2D eigenvalue weighted by molar-refractivity contribution is -0.137. The molecule has 2 aromatic rings. The van der Waals surface area contributed by atoms with Crippen LogP contribution in [0, 0.1) is 5.92 Å². The lowest BCUT2D eigenvalue weighted by atomic mass is 10.0. The number of aliphatic hydroxyl groups excluding tert-OH is 1. The normalized spacial score (nSPS) is 12.3. The highest BCUT2D eigenvalue weighted by atomic mass is 79.9. The smallest absolute Gasteiger partial charge is 0.313 e. The van der Waals surface area contributed by atoms with Gasteiger partial charge < -0.3 is 20.1 Å². The van der Waals surface area contributed by atoms with Crippen molar-refractivity contribution >= 4 is 33.9 Å². The second-order valence-electron chi connectivity index (χ2n) is 6.71. The van der Waals surface area contributed by atoms with E-state index in [0.29, 0.717) is 10.0 Å². The molecule has 7 nitrogen and oxygen atoms in total. The van der Waals surface area contributed by atoms with E-state index in [1.165, 1.54) is 24.4 Å². The van der Waals surface area contributed by atoms with Crippen LogP contribution in [0.1, 0.15) is 25.0 Å². The van der Waals surface area contributed by atoms with Gasteiger partial charge in [0.15, 0.2) is 17.3 Å². The minimum absolute atomic E-state index is 0.0597. The molecule has 0 aliphatic rings. The number of carbonyl (C=O) groups excluding carboxylic acids is 2. The van der Waals surface area contributed by atoms with E-state index in [1.54, 1.807) is 32.0 Å². The van der Waals surface area contributed by atoms with Gasteiger partial charge in [-0.2, -0.15) is 0 Å². The number of benzene rings is 2. The van der Waals surface area contributed by atoms with Gasteiger partial charge >= 0.3 is 5.97 Å². The number of ether oxygens (including phenoxy) is 1. The number of esters is 1. The van der Waals surface area contributed by atoms with Gasteiger partial charge in [0.2, 0.25) is 0 Å². The predicted octanol–water partition coefficient (Wildman–Crippen LogP) is 3.01. The van der Waals surface area contributed by atoms with E-state index in [0.717, 1.165) is 5.56 Å². The number of hydrogen-bond donors (Lipinski definition) is 3. The van der Waals surface area contributed by atoms with Crippen molar-refractivity contribution in [2.75, 3.05) is 6.61 Å². The Hall–Kier alpha value is -2.71. The predicted molar refractivity (Wildman–Crippen MR) is 112 cm³/mol. The summed E-state index contributed by atoms with van der Waals surface area (Å²) in [6.07, 6.45) is 1.53. The number of Topliss-reactive ketones (excluding diaryl/α,β-unsaturated/α-hetero) is 1. The van der Waals surface area contributed by atoms with Gasteiger partial charge in [0, 0.05) is 22.7 Å². The number of phenolic OH excluding ortho intramolecular Hbond substituents is 2. The molecule has 0 radical (unpaired) electrons. The van der Waals surface area contributed by atoms with E-state index < -0.39 is 30.3 Å². The molecular weight excluding hydrogens is 442 g/mol. The molecule has 0 spiro atoms. The van der Waals surface area contributed by atoms with Gasteiger partial charge in [-0.15, -0.1) is 0 Å². The fraction of sp³-hybridized carbons (Fsp3) is 0.286. The maximum atomic E-state index is 12.1. The Kier molecular flexibility index (Phi) is 7.92. The molecular formula is C21H22BrNO6. The SMILES string of the molecule is CC(C)C(=O)Oc1c(O)cc(Br)cc1C=NC(Cc1ccc(O)cc1)C(=O)CO. The maximum absolute atomic E-state index is 12.1. The van der Waals surface area contributed by atoms with Crippen molar-refractivity contribution in [2.45, 2.75) is 26.3 Å². The van der Waals surface area contributed by atoms with Gasteiger partial charge in [0.1, 0.15) is 18.4 Å². The fourth-order valence-corrected chi connectivity index (χ4v) is 2.87. The number of halogens is 1. The van der Waals surface area contributed by atoms with Crippen LogP contribution in [0.3, 0.4) is 0 Å². The first-order valence-electron chi connectivity index (χ1n) is 8.90. The zero-order valence-electron chi connectivity index (χ0n) is 16.0. The van der Waals surface area contributed by atoms with Gasteiger partial charge in [0.05, 0.1) is 5.92 Å². The number of ketones is 1. The maximum Gasteiger partial charge on any atom is 0.313 e. The van der Waals surface area contributed by atoms with Gasteiger partial charge in [0.25, 0.3) is 0 Å². The van der Waals surface area contributed by atoms with E-state index in [1.807, 2.05) is 0 Å². The molecule has 0 aliphatic heterocycles. The molecule has 29 heavy (non-hydrogen) atoms. The minimum Gasteiger partial charge on any atom is -0.508 e. The molecule has 2 aromatic carbocycles. The van der Waals surface area contributed by atoms with E-state index in [9.17, 15) is 24.9 Å². The summed E-state index contributed by atoms with van der Waals surface area (Å²) in [5, 5.41) is 28.8. The number of hydrogen-bond acceptors (Lipinski definition) is 7. The monoisotopic (exact) mass is 463 g/mol. The minimum atomic E-state index is -0.890. The summed E-state index contributed by atoms with van der Waals surface area (Å²) in [7, 11) is 0. The second-order valence-corrected chi connectivity index (χ2v) is 7.62. The van der Waals surface area contributed by atoms with Crippen molar-refractivity contribution in [1.82, 2.24) is 0 Å². The Labute approximate surface area is 176 Å². The third-order valence-electron chi connectivity index (χ3n) is 4.02. The van der Waals surface area contributed by atoms with E-state index in [2.05, 4.69) is 20.9 Å². The van der Waals surface area contributed by atoms with Crippen molar-refractivity contribution < 1.29 is 29.6 Å². The number of phenols is 2. The molecule has 3 N–H and O–H groups in total. The highest BCUT2D eigenvalue weighted by molar-refractivity contribution is 9.10. The quantitative estimate of drug-likeness (QED) is 0.314. The molecule has 154 valence electrons. The molecule has 0 aromatic heterocycles. The van der Waals surface area contributed by atoms with Crippen molar-refractivity contribution in [3.05, 3.63) is 52.0 Å². The Morgan fingerprint density at radius 3 is 2.41 bits per heavy atom. The average Bonchev–Trinajstić information content (AvgIpc) is 2.67. The first-order chi connectivity index (χ1) is 13.7. The summed E-state index contributed by atoms with van der Waals surface area (Å²) in [6, 6.07) is 8.39. The standard InChI is InChI=1S/C21H22BrNO6/c1-12(2)21(28)29-20-14(8-15(22)9-18(20)26)10-23-17(19(27)11-24)7-13-3-5-16(25)6-4-13/h3-6,8-10,12,17,24-26H,7,11H2,1-2H3. The summed E-state index contributed by atoms with van der Waals surface area (Å²) in [5.74, 6) is -1.63. The lowest BCUT2D eigenvalue weighted by Crippen LogP contribution is -2.24. The molecule has 8 heteroatoms. The van der Waals surface area contributed by atoms with Crippen LogP contribution in [0.5, 0.6) is 17.2 Å². The summed E-state index contributed by atoms with van der Waals surface area (Å²) < 4.78 is 5.81. The molecule has 0 fully saturated rings. The van der Waals surface area contributed by atoms with Crippen molar-refractivity contribution in [1.29, 1.82) is 0 Å². The Morgan fingerprint density at radius 1 is 1.17 bits per heavy atom. The van der Waals surface area contributed by atoms with Gasteiger partial charge in [-0.1, -0.05) is 41.9 Å². The molecule has 0 saturated heterocycles. The molecule has 0 saturated carbocycles.